The zero-order valence-electron chi connectivity index (χ0n) is 13.1. The van der Waals surface area contributed by atoms with E-state index in [9.17, 15) is 4.79 Å². The van der Waals surface area contributed by atoms with E-state index in [0.29, 0.717) is 24.4 Å². The predicted octanol–water partition coefficient (Wildman–Crippen LogP) is 1.65. The Morgan fingerprint density at radius 3 is 2.76 bits per heavy atom. The van der Waals surface area contributed by atoms with E-state index in [0.717, 1.165) is 13.0 Å². The standard InChI is InChI=1S/C16H28N2O3/c1-10(2)12(4-8-19)17-15(20)18-13-11-5-9-21-14(11)16(13)6-3-7-16/h10-14,19H,3-9H2,1-2H3,(H2,17,18,20). The van der Waals surface area contributed by atoms with Gasteiger partial charge in [0.25, 0.3) is 0 Å². The molecule has 0 aromatic heterocycles. The first-order valence-corrected chi connectivity index (χ1v) is 8.38. The van der Waals surface area contributed by atoms with Gasteiger partial charge in [-0.25, -0.2) is 4.79 Å². The van der Waals surface area contributed by atoms with E-state index in [2.05, 4.69) is 24.5 Å². The second kappa shape index (κ2) is 5.76. The zero-order chi connectivity index (χ0) is 15.0. The number of urea groups is 1. The zero-order valence-corrected chi connectivity index (χ0v) is 13.1. The Hall–Kier alpha value is -0.810. The molecule has 0 radical (unpaired) electrons. The summed E-state index contributed by atoms with van der Waals surface area (Å²) >= 11 is 0. The maximum atomic E-state index is 12.3. The highest BCUT2D eigenvalue weighted by Gasteiger charge is 2.67. The summed E-state index contributed by atoms with van der Waals surface area (Å²) < 4.78 is 5.87. The highest BCUT2D eigenvalue weighted by molar-refractivity contribution is 5.75. The Balaban J connectivity index is 1.57. The van der Waals surface area contributed by atoms with Gasteiger partial charge in [-0.1, -0.05) is 20.3 Å². The van der Waals surface area contributed by atoms with Crippen LogP contribution in [0.3, 0.4) is 0 Å². The normalized spacial score (nSPS) is 34.0. The van der Waals surface area contributed by atoms with E-state index in [-0.39, 0.29) is 30.1 Å². The van der Waals surface area contributed by atoms with Crippen LogP contribution in [0.15, 0.2) is 0 Å². The summed E-state index contributed by atoms with van der Waals surface area (Å²) in [4.78, 5) is 12.3. The van der Waals surface area contributed by atoms with Crippen LogP contribution in [0.5, 0.6) is 0 Å². The number of ether oxygens (including phenoxy) is 1. The van der Waals surface area contributed by atoms with Gasteiger partial charge in [0, 0.05) is 36.6 Å². The van der Waals surface area contributed by atoms with Gasteiger partial charge in [0.1, 0.15) is 0 Å². The number of rotatable bonds is 5. The SMILES string of the molecule is CC(C)C(CCO)NC(=O)NC1C2CCOC2C12CCC2. The molecular formula is C16H28N2O3. The van der Waals surface area contributed by atoms with Crippen molar-refractivity contribution < 1.29 is 14.6 Å². The molecule has 0 aromatic rings. The average molecular weight is 296 g/mol. The summed E-state index contributed by atoms with van der Waals surface area (Å²) in [5.41, 5.74) is 0.225. The van der Waals surface area contributed by atoms with Crippen molar-refractivity contribution in [2.24, 2.45) is 17.3 Å². The number of hydrogen-bond donors (Lipinski definition) is 3. The predicted molar refractivity (Wildman–Crippen MR) is 79.9 cm³/mol. The number of amides is 2. The third-order valence-corrected chi connectivity index (χ3v) is 5.88. The number of nitrogens with one attached hydrogen (secondary N) is 2. The molecule has 4 atom stereocenters. The van der Waals surface area contributed by atoms with Crippen LogP contribution >= 0.6 is 0 Å². The van der Waals surface area contributed by atoms with E-state index < -0.39 is 0 Å². The second-order valence-electron chi connectivity index (χ2n) is 7.29. The monoisotopic (exact) mass is 296 g/mol. The molecule has 1 saturated heterocycles. The lowest BCUT2D eigenvalue weighted by atomic mass is 9.46. The van der Waals surface area contributed by atoms with Crippen molar-refractivity contribution in [3.05, 3.63) is 0 Å². The minimum atomic E-state index is -0.0798. The minimum Gasteiger partial charge on any atom is -0.396 e. The van der Waals surface area contributed by atoms with Gasteiger partial charge in [0.15, 0.2) is 0 Å². The van der Waals surface area contributed by atoms with E-state index in [1.54, 1.807) is 0 Å². The summed E-state index contributed by atoms with van der Waals surface area (Å²) in [5.74, 6) is 0.830. The quantitative estimate of drug-likeness (QED) is 0.722. The van der Waals surface area contributed by atoms with Crippen LogP contribution in [0, 0.1) is 17.3 Å². The summed E-state index contributed by atoms with van der Waals surface area (Å²) in [6, 6.07) is 0.229. The lowest BCUT2D eigenvalue weighted by Crippen LogP contribution is -2.72. The molecule has 3 N–H and O–H groups in total. The van der Waals surface area contributed by atoms with Crippen LogP contribution in [0.2, 0.25) is 0 Å². The molecule has 120 valence electrons. The van der Waals surface area contributed by atoms with Crippen LogP contribution in [0.4, 0.5) is 4.79 Å². The molecule has 1 spiro atoms. The third kappa shape index (κ3) is 2.44. The van der Waals surface area contributed by atoms with Crippen LogP contribution in [0.25, 0.3) is 0 Å². The van der Waals surface area contributed by atoms with Crippen molar-refractivity contribution >= 4 is 6.03 Å². The van der Waals surface area contributed by atoms with E-state index in [4.69, 9.17) is 9.84 Å². The molecule has 0 bridgehead atoms. The number of aliphatic hydroxyl groups excluding tert-OH is 1. The topological polar surface area (TPSA) is 70.6 Å². The van der Waals surface area contributed by atoms with Crippen molar-refractivity contribution in [2.75, 3.05) is 13.2 Å². The Bertz CT molecular complexity index is 395. The largest absolute Gasteiger partial charge is 0.396 e. The van der Waals surface area contributed by atoms with Crippen molar-refractivity contribution in [3.8, 4) is 0 Å². The van der Waals surface area contributed by atoms with Crippen molar-refractivity contribution in [1.82, 2.24) is 10.6 Å². The van der Waals surface area contributed by atoms with Gasteiger partial charge in [-0.3, -0.25) is 0 Å². The van der Waals surface area contributed by atoms with Crippen LogP contribution in [-0.2, 0) is 4.74 Å². The first-order valence-electron chi connectivity index (χ1n) is 8.38. The lowest BCUT2D eigenvalue weighted by molar-refractivity contribution is -0.172. The molecule has 5 nitrogen and oxygen atoms in total. The smallest absolute Gasteiger partial charge is 0.315 e. The van der Waals surface area contributed by atoms with Gasteiger partial charge in [0.2, 0.25) is 0 Å². The molecule has 2 aliphatic carbocycles. The Kier molecular flexibility index (Phi) is 4.14. The van der Waals surface area contributed by atoms with E-state index in [1.807, 2.05) is 0 Å². The van der Waals surface area contributed by atoms with Gasteiger partial charge in [-0.05, 0) is 31.6 Å². The fourth-order valence-corrected chi connectivity index (χ4v) is 4.52. The molecule has 0 aromatic carbocycles. The highest BCUT2D eigenvalue weighted by atomic mass is 16.5. The van der Waals surface area contributed by atoms with E-state index in [1.165, 1.54) is 19.3 Å². The molecule has 2 amide bonds. The lowest BCUT2D eigenvalue weighted by Gasteiger charge is -2.63. The maximum Gasteiger partial charge on any atom is 0.315 e. The van der Waals surface area contributed by atoms with Gasteiger partial charge in [-0.15, -0.1) is 0 Å². The number of carbonyl (C=O) groups excluding carboxylic acids is 1. The van der Waals surface area contributed by atoms with Gasteiger partial charge in [-0.2, -0.15) is 0 Å². The molecule has 3 rings (SSSR count). The molecule has 1 aliphatic heterocycles. The maximum absolute atomic E-state index is 12.3. The summed E-state index contributed by atoms with van der Waals surface area (Å²) in [7, 11) is 0. The van der Waals surface area contributed by atoms with E-state index >= 15 is 0 Å². The fourth-order valence-electron chi connectivity index (χ4n) is 4.52. The molecule has 1 heterocycles. The second-order valence-corrected chi connectivity index (χ2v) is 7.29. The number of fused-ring (bicyclic) bond motifs is 2. The average Bonchev–Trinajstić information content (AvgIpc) is 2.79. The molecule has 4 unspecified atom stereocenters. The fraction of sp³-hybridized carbons (Fsp3) is 0.938. The number of aliphatic hydroxyl groups is 1. The van der Waals surface area contributed by atoms with Gasteiger partial charge in [0.05, 0.1) is 6.10 Å². The first-order chi connectivity index (χ1) is 10.1. The summed E-state index contributed by atoms with van der Waals surface area (Å²) in [5, 5.41) is 15.3. The summed E-state index contributed by atoms with van der Waals surface area (Å²) in [6.07, 6.45) is 5.69. The van der Waals surface area contributed by atoms with Crippen LogP contribution in [0.1, 0.15) is 46.0 Å². The number of hydrogen-bond acceptors (Lipinski definition) is 3. The highest BCUT2D eigenvalue weighted by Crippen LogP contribution is 2.62. The molecule has 3 fully saturated rings. The third-order valence-electron chi connectivity index (χ3n) is 5.88. The van der Waals surface area contributed by atoms with Crippen LogP contribution < -0.4 is 10.6 Å². The molecule has 5 heteroatoms. The molecule has 3 aliphatic rings. The van der Waals surface area contributed by atoms with Crippen molar-refractivity contribution in [1.29, 1.82) is 0 Å². The molecular weight excluding hydrogens is 268 g/mol. The minimum absolute atomic E-state index is 0.0306. The summed E-state index contributed by atoms with van der Waals surface area (Å²) in [6.45, 7) is 5.08. The van der Waals surface area contributed by atoms with Gasteiger partial charge < -0.3 is 20.5 Å². The van der Waals surface area contributed by atoms with Crippen molar-refractivity contribution in [2.45, 2.75) is 64.1 Å². The van der Waals surface area contributed by atoms with Crippen LogP contribution in [-0.4, -0.2) is 42.5 Å². The first kappa shape index (κ1) is 15.1. The number of carbonyl (C=O) groups is 1. The Morgan fingerprint density at radius 1 is 1.43 bits per heavy atom. The Morgan fingerprint density at radius 2 is 2.19 bits per heavy atom. The molecule has 21 heavy (non-hydrogen) atoms. The van der Waals surface area contributed by atoms with Crippen molar-refractivity contribution in [3.63, 3.8) is 0 Å². The van der Waals surface area contributed by atoms with Gasteiger partial charge >= 0.3 is 6.03 Å². The Labute approximate surface area is 126 Å². The molecule has 2 saturated carbocycles.